The third-order valence-electron chi connectivity index (χ3n) is 3.18. The number of hydrogen-bond acceptors (Lipinski definition) is 3. The molecule has 1 amide bonds. The van der Waals surface area contributed by atoms with E-state index in [1.165, 1.54) is 25.7 Å². The lowest BCUT2D eigenvalue weighted by molar-refractivity contribution is -0.122. The predicted octanol–water partition coefficient (Wildman–Crippen LogP) is 0.882. The van der Waals surface area contributed by atoms with Gasteiger partial charge in [0.1, 0.15) is 0 Å². The van der Waals surface area contributed by atoms with Gasteiger partial charge in [0.15, 0.2) is 0 Å². The standard InChI is InChI=1S/C13H25N3O/c1-2-7-12(14)13(17)15-8-11-16-9-5-3-4-6-10-16/h2,12H,1,3-11,14H2,(H,15,17). The molecule has 0 aromatic carbocycles. The maximum atomic E-state index is 11.5. The Bertz CT molecular complexity index is 235. The van der Waals surface area contributed by atoms with Crippen LogP contribution in [0.15, 0.2) is 12.7 Å². The highest BCUT2D eigenvalue weighted by Gasteiger charge is 2.12. The minimum Gasteiger partial charge on any atom is -0.353 e. The molecule has 0 aromatic heterocycles. The van der Waals surface area contributed by atoms with Crippen molar-refractivity contribution >= 4 is 5.91 Å². The summed E-state index contributed by atoms with van der Waals surface area (Å²) in [7, 11) is 0. The predicted molar refractivity (Wildman–Crippen MR) is 70.7 cm³/mol. The van der Waals surface area contributed by atoms with Gasteiger partial charge >= 0.3 is 0 Å². The summed E-state index contributed by atoms with van der Waals surface area (Å²) in [6.07, 6.45) is 7.46. The van der Waals surface area contributed by atoms with E-state index < -0.39 is 6.04 Å². The van der Waals surface area contributed by atoms with Crippen LogP contribution >= 0.6 is 0 Å². The lowest BCUT2D eigenvalue weighted by atomic mass is 10.2. The van der Waals surface area contributed by atoms with Gasteiger partial charge in [-0.1, -0.05) is 18.9 Å². The minimum atomic E-state index is -0.448. The van der Waals surface area contributed by atoms with E-state index in [-0.39, 0.29) is 5.91 Å². The van der Waals surface area contributed by atoms with Crippen molar-refractivity contribution in [2.75, 3.05) is 26.2 Å². The Balaban J connectivity index is 2.13. The highest BCUT2D eigenvalue weighted by molar-refractivity contribution is 5.81. The largest absolute Gasteiger partial charge is 0.353 e. The smallest absolute Gasteiger partial charge is 0.237 e. The molecule has 1 atom stereocenters. The topological polar surface area (TPSA) is 58.4 Å². The Hall–Kier alpha value is -0.870. The molecule has 1 fully saturated rings. The molecule has 1 unspecified atom stereocenters. The summed E-state index contributed by atoms with van der Waals surface area (Å²) >= 11 is 0. The SMILES string of the molecule is C=CCC(N)C(=O)NCCN1CCCCCC1. The number of rotatable bonds is 6. The van der Waals surface area contributed by atoms with Crippen molar-refractivity contribution in [3.05, 3.63) is 12.7 Å². The van der Waals surface area contributed by atoms with Gasteiger partial charge < -0.3 is 16.0 Å². The molecule has 1 aliphatic rings. The van der Waals surface area contributed by atoms with Crippen molar-refractivity contribution in [1.29, 1.82) is 0 Å². The second-order valence-corrected chi connectivity index (χ2v) is 4.68. The van der Waals surface area contributed by atoms with Gasteiger partial charge in [0.05, 0.1) is 6.04 Å². The molecule has 1 saturated heterocycles. The zero-order valence-corrected chi connectivity index (χ0v) is 10.7. The Labute approximate surface area is 104 Å². The molecule has 0 aromatic rings. The number of carbonyl (C=O) groups is 1. The molecule has 17 heavy (non-hydrogen) atoms. The number of hydrogen-bond donors (Lipinski definition) is 2. The number of nitrogens with two attached hydrogens (primary N) is 1. The average molecular weight is 239 g/mol. The van der Waals surface area contributed by atoms with Gasteiger partial charge in [0, 0.05) is 13.1 Å². The van der Waals surface area contributed by atoms with Crippen molar-refractivity contribution in [3.63, 3.8) is 0 Å². The van der Waals surface area contributed by atoms with Gasteiger partial charge in [-0.3, -0.25) is 4.79 Å². The van der Waals surface area contributed by atoms with Crippen LogP contribution in [-0.4, -0.2) is 43.0 Å². The second kappa shape index (κ2) is 8.25. The molecule has 4 heteroatoms. The van der Waals surface area contributed by atoms with Crippen LogP contribution in [0.1, 0.15) is 32.1 Å². The Kier molecular flexibility index (Phi) is 6.89. The molecule has 4 nitrogen and oxygen atoms in total. The van der Waals surface area contributed by atoms with Gasteiger partial charge in [-0.15, -0.1) is 6.58 Å². The molecular weight excluding hydrogens is 214 g/mol. The van der Waals surface area contributed by atoms with E-state index in [0.717, 1.165) is 19.6 Å². The van der Waals surface area contributed by atoms with Gasteiger partial charge in [0.25, 0.3) is 0 Å². The second-order valence-electron chi connectivity index (χ2n) is 4.68. The summed E-state index contributed by atoms with van der Waals surface area (Å²) in [6.45, 7) is 7.54. The summed E-state index contributed by atoms with van der Waals surface area (Å²) in [5, 5.41) is 2.88. The number of nitrogens with one attached hydrogen (secondary N) is 1. The first kappa shape index (κ1) is 14.2. The number of nitrogens with zero attached hydrogens (tertiary/aromatic N) is 1. The average Bonchev–Trinajstić information content (AvgIpc) is 2.58. The minimum absolute atomic E-state index is 0.0697. The lowest BCUT2D eigenvalue weighted by Gasteiger charge is -2.20. The van der Waals surface area contributed by atoms with Crippen LogP contribution in [0.25, 0.3) is 0 Å². The van der Waals surface area contributed by atoms with Crippen LogP contribution in [0, 0.1) is 0 Å². The maximum absolute atomic E-state index is 11.5. The molecule has 1 rings (SSSR count). The maximum Gasteiger partial charge on any atom is 0.237 e. The first-order valence-electron chi connectivity index (χ1n) is 6.60. The fourth-order valence-corrected chi connectivity index (χ4v) is 2.11. The number of amides is 1. The van der Waals surface area contributed by atoms with Gasteiger partial charge in [-0.2, -0.15) is 0 Å². The van der Waals surface area contributed by atoms with E-state index in [4.69, 9.17) is 5.73 Å². The molecule has 0 saturated carbocycles. The van der Waals surface area contributed by atoms with Crippen LogP contribution in [0.4, 0.5) is 0 Å². The summed E-state index contributed by atoms with van der Waals surface area (Å²) in [5.74, 6) is -0.0697. The quantitative estimate of drug-likeness (QED) is 0.677. The number of carbonyl (C=O) groups excluding carboxylic acids is 1. The first-order valence-corrected chi connectivity index (χ1v) is 6.60. The van der Waals surface area contributed by atoms with E-state index in [0.29, 0.717) is 13.0 Å². The third-order valence-corrected chi connectivity index (χ3v) is 3.18. The highest BCUT2D eigenvalue weighted by atomic mass is 16.2. The van der Waals surface area contributed by atoms with Crippen molar-refractivity contribution in [2.45, 2.75) is 38.1 Å². The normalized spacial score (nSPS) is 19.4. The van der Waals surface area contributed by atoms with Crippen molar-refractivity contribution in [3.8, 4) is 0 Å². The van der Waals surface area contributed by atoms with Gasteiger partial charge in [-0.05, 0) is 32.4 Å². The van der Waals surface area contributed by atoms with E-state index in [1.807, 2.05) is 0 Å². The van der Waals surface area contributed by atoms with E-state index in [1.54, 1.807) is 6.08 Å². The van der Waals surface area contributed by atoms with E-state index in [2.05, 4.69) is 16.8 Å². The molecule has 0 spiro atoms. The van der Waals surface area contributed by atoms with Crippen LogP contribution in [0.5, 0.6) is 0 Å². The van der Waals surface area contributed by atoms with Crippen molar-refractivity contribution < 1.29 is 4.79 Å². The third kappa shape index (κ3) is 5.84. The van der Waals surface area contributed by atoms with E-state index >= 15 is 0 Å². The molecule has 1 aliphatic heterocycles. The summed E-state index contributed by atoms with van der Waals surface area (Å²) < 4.78 is 0. The molecule has 1 heterocycles. The summed E-state index contributed by atoms with van der Waals surface area (Å²) in [5.41, 5.74) is 5.68. The van der Waals surface area contributed by atoms with Crippen LogP contribution in [0.3, 0.4) is 0 Å². The van der Waals surface area contributed by atoms with Gasteiger partial charge in [-0.25, -0.2) is 0 Å². The Morgan fingerprint density at radius 2 is 2.00 bits per heavy atom. The van der Waals surface area contributed by atoms with Crippen molar-refractivity contribution in [1.82, 2.24) is 10.2 Å². The van der Waals surface area contributed by atoms with Crippen LogP contribution in [0.2, 0.25) is 0 Å². The molecular formula is C13H25N3O. The lowest BCUT2D eigenvalue weighted by Crippen LogP contribution is -2.43. The summed E-state index contributed by atoms with van der Waals surface area (Å²) in [6, 6.07) is -0.448. The first-order chi connectivity index (χ1) is 8.24. The number of likely N-dealkylation sites (tertiary alicyclic amines) is 1. The van der Waals surface area contributed by atoms with Crippen LogP contribution in [-0.2, 0) is 4.79 Å². The highest BCUT2D eigenvalue weighted by Crippen LogP contribution is 2.08. The molecule has 0 bridgehead atoms. The molecule has 98 valence electrons. The fourth-order valence-electron chi connectivity index (χ4n) is 2.11. The Morgan fingerprint density at radius 1 is 1.35 bits per heavy atom. The Morgan fingerprint density at radius 3 is 2.59 bits per heavy atom. The zero-order valence-electron chi connectivity index (χ0n) is 10.7. The van der Waals surface area contributed by atoms with Gasteiger partial charge in [0.2, 0.25) is 5.91 Å². The fraction of sp³-hybridized carbons (Fsp3) is 0.769. The monoisotopic (exact) mass is 239 g/mol. The summed E-state index contributed by atoms with van der Waals surface area (Å²) in [4.78, 5) is 14.0. The molecule has 0 aliphatic carbocycles. The zero-order chi connectivity index (χ0) is 12.5. The molecule has 3 N–H and O–H groups in total. The van der Waals surface area contributed by atoms with Crippen LogP contribution < -0.4 is 11.1 Å². The van der Waals surface area contributed by atoms with E-state index in [9.17, 15) is 4.79 Å². The van der Waals surface area contributed by atoms with Crippen molar-refractivity contribution in [2.24, 2.45) is 5.73 Å². The molecule has 0 radical (unpaired) electrons.